The van der Waals surface area contributed by atoms with Crippen molar-refractivity contribution in [2.45, 2.75) is 13.5 Å². The molecule has 1 aromatic carbocycles. The van der Waals surface area contributed by atoms with Crippen molar-refractivity contribution in [1.29, 1.82) is 0 Å². The van der Waals surface area contributed by atoms with Crippen LogP contribution in [0.3, 0.4) is 0 Å². The highest BCUT2D eigenvalue weighted by molar-refractivity contribution is 9.10. The quantitative estimate of drug-likeness (QED) is 0.915. The summed E-state index contributed by atoms with van der Waals surface area (Å²) in [5, 5.41) is 11.2. The molecule has 1 aliphatic heterocycles. The third kappa shape index (κ3) is 2.66. The smallest absolute Gasteiger partial charge is 0.156 e. The Morgan fingerprint density at radius 3 is 2.85 bits per heavy atom. The van der Waals surface area contributed by atoms with Crippen LogP contribution in [0.5, 0.6) is 5.75 Å². The number of benzene rings is 1. The minimum atomic E-state index is 0.217. The van der Waals surface area contributed by atoms with Crippen LogP contribution in [0.15, 0.2) is 22.7 Å². The molecule has 0 saturated carbocycles. The molecule has 20 heavy (non-hydrogen) atoms. The second-order valence-corrected chi connectivity index (χ2v) is 5.96. The summed E-state index contributed by atoms with van der Waals surface area (Å²) in [7, 11) is 0. The normalized spacial score (nSPS) is 16.7. The number of aromatic nitrogens is 1. The third-order valence-corrected chi connectivity index (χ3v) is 4.23. The van der Waals surface area contributed by atoms with Gasteiger partial charge in [0.15, 0.2) is 5.75 Å². The maximum atomic E-state index is 10.2. The number of pyridine rings is 1. The average Bonchev–Trinajstić information content (AvgIpc) is 2.45. The molecule has 0 unspecified atom stereocenters. The number of nitrogens with zero attached hydrogens (tertiary/aromatic N) is 2. The van der Waals surface area contributed by atoms with Gasteiger partial charge in [0.05, 0.1) is 17.7 Å². The molecule has 1 fully saturated rings. The molecule has 1 aliphatic rings. The summed E-state index contributed by atoms with van der Waals surface area (Å²) in [4.78, 5) is 6.83. The molecule has 106 valence electrons. The van der Waals surface area contributed by atoms with Crippen LogP contribution in [0.4, 0.5) is 0 Å². The van der Waals surface area contributed by atoms with Gasteiger partial charge in [0.2, 0.25) is 0 Å². The highest BCUT2D eigenvalue weighted by atomic mass is 79.9. The van der Waals surface area contributed by atoms with E-state index < -0.39 is 0 Å². The van der Waals surface area contributed by atoms with Gasteiger partial charge in [-0.15, -0.1) is 0 Å². The van der Waals surface area contributed by atoms with E-state index in [0.29, 0.717) is 9.99 Å². The Kier molecular flexibility index (Phi) is 3.92. The fourth-order valence-corrected chi connectivity index (χ4v) is 3.00. The molecular formula is C15H17BrN2O2. The molecule has 0 bridgehead atoms. The van der Waals surface area contributed by atoms with Crippen molar-refractivity contribution in [3.8, 4) is 5.75 Å². The number of fused-ring (bicyclic) bond motifs is 1. The lowest BCUT2D eigenvalue weighted by Crippen LogP contribution is -2.35. The van der Waals surface area contributed by atoms with Crippen molar-refractivity contribution in [3.63, 3.8) is 0 Å². The minimum absolute atomic E-state index is 0.217. The Morgan fingerprint density at radius 2 is 2.10 bits per heavy atom. The number of morpholine rings is 1. The fraction of sp³-hybridized carbons (Fsp3) is 0.400. The Balaban J connectivity index is 2.03. The first-order valence-electron chi connectivity index (χ1n) is 6.73. The molecule has 0 amide bonds. The SMILES string of the molecule is Cc1ccc2c(CN3CCOCC3)cc(Br)c(O)c2n1. The number of hydrogen-bond donors (Lipinski definition) is 1. The second kappa shape index (κ2) is 5.68. The van der Waals surface area contributed by atoms with Gasteiger partial charge in [-0.2, -0.15) is 0 Å². The monoisotopic (exact) mass is 336 g/mol. The van der Waals surface area contributed by atoms with Crippen molar-refractivity contribution >= 4 is 26.8 Å². The number of rotatable bonds is 2. The van der Waals surface area contributed by atoms with E-state index >= 15 is 0 Å². The van der Waals surface area contributed by atoms with Crippen molar-refractivity contribution in [1.82, 2.24) is 9.88 Å². The van der Waals surface area contributed by atoms with Gasteiger partial charge in [-0.25, -0.2) is 4.98 Å². The number of ether oxygens (including phenoxy) is 1. The summed E-state index contributed by atoms with van der Waals surface area (Å²) < 4.78 is 6.08. The summed E-state index contributed by atoms with van der Waals surface area (Å²) in [5.41, 5.74) is 2.75. The summed E-state index contributed by atoms with van der Waals surface area (Å²) in [6, 6.07) is 6.02. The van der Waals surface area contributed by atoms with Gasteiger partial charge in [0.1, 0.15) is 5.52 Å². The van der Waals surface area contributed by atoms with Crippen LogP contribution < -0.4 is 0 Å². The van der Waals surface area contributed by atoms with Crippen LogP contribution in [0, 0.1) is 6.92 Å². The molecule has 1 N–H and O–H groups in total. The van der Waals surface area contributed by atoms with Crippen molar-refractivity contribution in [3.05, 3.63) is 33.9 Å². The van der Waals surface area contributed by atoms with E-state index in [0.717, 1.165) is 43.9 Å². The molecule has 1 aromatic heterocycles. The molecule has 2 heterocycles. The molecular weight excluding hydrogens is 320 g/mol. The first-order chi connectivity index (χ1) is 9.65. The number of hydrogen-bond acceptors (Lipinski definition) is 4. The molecule has 0 spiro atoms. The lowest BCUT2D eigenvalue weighted by atomic mass is 10.1. The van der Waals surface area contributed by atoms with Crippen LogP contribution in [0.25, 0.3) is 10.9 Å². The van der Waals surface area contributed by atoms with Gasteiger partial charge in [0.25, 0.3) is 0 Å². The first kappa shape index (κ1) is 13.8. The zero-order valence-corrected chi connectivity index (χ0v) is 13.0. The fourth-order valence-electron chi connectivity index (χ4n) is 2.54. The van der Waals surface area contributed by atoms with Gasteiger partial charge in [-0.3, -0.25) is 4.90 Å². The highest BCUT2D eigenvalue weighted by Crippen LogP contribution is 2.34. The van der Waals surface area contributed by atoms with Gasteiger partial charge in [-0.05, 0) is 40.5 Å². The van der Waals surface area contributed by atoms with Crippen molar-refractivity contribution in [2.24, 2.45) is 0 Å². The Labute approximate surface area is 126 Å². The summed E-state index contributed by atoms with van der Waals surface area (Å²) in [6.07, 6.45) is 0. The predicted molar refractivity (Wildman–Crippen MR) is 81.9 cm³/mol. The third-order valence-electron chi connectivity index (χ3n) is 3.63. The maximum Gasteiger partial charge on any atom is 0.156 e. The Bertz CT molecular complexity index is 639. The van der Waals surface area contributed by atoms with E-state index in [4.69, 9.17) is 4.74 Å². The molecule has 1 saturated heterocycles. The second-order valence-electron chi connectivity index (χ2n) is 5.10. The van der Waals surface area contributed by atoms with E-state index in [1.165, 1.54) is 5.56 Å². The number of aryl methyl sites for hydroxylation is 1. The van der Waals surface area contributed by atoms with Gasteiger partial charge >= 0.3 is 0 Å². The Hall–Kier alpha value is -1.17. The molecule has 0 radical (unpaired) electrons. The summed E-state index contributed by atoms with van der Waals surface area (Å²) >= 11 is 3.42. The van der Waals surface area contributed by atoms with Gasteiger partial charge < -0.3 is 9.84 Å². The topological polar surface area (TPSA) is 45.6 Å². The van der Waals surface area contributed by atoms with Gasteiger partial charge in [-0.1, -0.05) is 6.07 Å². The van der Waals surface area contributed by atoms with Gasteiger partial charge in [0, 0.05) is 30.7 Å². The molecule has 5 heteroatoms. The van der Waals surface area contributed by atoms with Crippen LogP contribution in [-0.2, 0) is 11.3 Å². The van der Waals surface area contributed by atoms with Crippen LogP contribution in [0.2, 0.25) is 0 Å². The number of halogens is 1. The molecule has 0 aliphatic carbocycles. The number of aromatic hydroxyl groups is 1. The van der Waals surface area contributed by atoms with E-state index in [1.807, 2.05) is 25.1 Å². The van der Waals surface area contributed by atoms with E-state index in [9.17, 15) is 5.11 Å². The van der Waals surface area contributed by atoms with E-state index in [-0.39, 0.29) is 5.75 Å². The lowest BCUT2D eigenvalue weighted by molar-refractivity contribution is 0.0343. The van der Waals surface area contributed by atoms with Crippen molar-refractivity contribution < 1.29 is 9.84 Å². The van der Waals surface area contributed by atoms with Crippen LogP contribution in [-0.4, -0.2) is 41.3 Å². The largest absolute Gasteiger partial charge is 0.505 e. The molecule has 2 aromatic rings. The van der Waals surface area contributed by atoms with Crippen LogP contribution >= 0.6 is 15.9 Å². The van der Waals surface area contributed by atoms with Crippen LogP contribution in [0.1, 0.15) is 11.3 Å². The molecule has 4 nitrogen and oxygen atoms in total. The number of phenolic OH excluding ortho intramolecular Hbond substituents is 1. The molecule has 0 atom stereocenters. The first-order valence-corrected chi connectivity index (χ1v) is 7.52. The average molecular weight is 337 g/mol. The summed E-state index contributed by atoms with van der Waals surface area (Å²) in [6.45, 7) is 6.24. The van der Waals surface area contributed by atoms with Crippen molar-refractivity contribution in [2.75, 3.05) is 26.3 Å². The standard InChI is InChI=1S/C15H17BrN2O2/c1-10-2-3-12-11(9-18-4-6-20-7-5-18)8-13(16)15(19)14(12)17-10/h2-3,8,19H,4-7,9H2,1H3. The summed E-state index contributed by atoms with van der Waals surface area (Å²) in [5.74, 6) is 0.217. The van der Waals surface area contributed by atoms with E-state index in [1.54, 1.807) is 0 Å². The molecule has 3 rings (SSSR count). The zero-order chi connectivity index (χ0) is 14.1. The highest BCUT2D eigenvalue weighted by Gasteiger charge is 2.16. The minimum Gasteiger partial charge on any atom is -0.505 e. The maximum absolute atomic E-state index is 10.2. The zero-order valence-electron chi connectivity index (χ0n) is 11.4. The lowest BCUT2D eigenvalue weighted by Gasteiger charge is -2.27. The number of phenols is 1. The van der Waals surface area contributed by atoms with E-state index in [2.05, 4.69) is 25.8 Å². The Morgan fingerprint density at radius 1 is 1.35 bits per heavy atom. The predicted octanol–water partition coefficient (Wildman–Crippen LogP) is 2.84.